The Morgan fingerprint density at radius 2 is 1.30 bits per heavy atom. The van der Waals surface area contributed by atoms with Gasteiger partial charge in [-0.1, -0.05) is 41.9 Å². The van der Waals surface area contributed by atoms with Gasteiger partial charge in [0.2, 0.25) is 16.5 Å². The Kier molecular flexibility index (Phi) is 6.01. The Morgan fingerprint density at radius 1 is 0.778 bits per heavy atom. The van der Waals surface area contributed by atoms with Crippen molar-refractivity contribution in [2.75, 3.05) is 0 Å². The Labute approximate surface area is 169 Å². The molecule has 0 radical (unpaired) electrons. The van der Waals surface area contributed by atoms with Gasteiger partial charge >= 0.3 is 0 Å². The molecule has 2 aromatic heterocycles. The topological polar surface area (TPSA) is 94.7 Å². The first-order chi connectivity index (χ1) is 12.9. The molecular weight excluding hydrogens is 409 g/mol. The predicted molar refractivity (Wildman–Crippen MR) is 107 cm³/mol. The van der Waals surface area contributed by atoms with Crippen LogP contribution in [0.4, 0.5) is 0 Å². The molecule has 0 fully saturated rings. The van der Waals surface area contributed by atoms with Gasteiger partial charge in [-0.25, -0.2) is 19.9 Å². The summed E-state index contributed by atoms with van der Waals surface area (Å²) in [6.07, 6.45) is 0.0722. The molecule has 2 N–H and O–H groups in total. The number of aromatic nitrogens is 4. The maximum atomic E-state index is 10.8. The lowest BCUT2D eigenvalue weighted by molar-refractivity contribution is -0.117. The summed E-state index contributed by atoms with van der Waals surface area (Å²) in [5.41, 5.74) is 7.17. The minimum absolute atomic E-state index is 0.0722. The van der Waals surface area contributed by atoms with Gasteiger partial charge in [0.05, 0.1) is 23.1 Å². The molecule has 136 valence electrons. The van der Waals surface area contributed by atoms with Gasteiger partial charge in [-0.15, -0.1) is 0 Å². The number of para-hydroxylation sites is 2. The van der Waals surface area contributed by atoms with Crippen LogP contribution in [0.3, 0.4) is 0 Å². The van der Waals surface area contributed by atoms with E-state index >= 15 is 0 Å². The number of fused-ring (bicyclic) bond motifs is 2. The maximum Gasteiger partial charge on any atom is 0.224 e. The number of nitrogens with two attached hydrogens (primary N) is 1. The molecule has 0 spiro atoms. The normalized spacial score (nSPS) is 10.5. The van der Waals surface area contributed by atoms with Gasteiger partial charge in [-0.2, -0.15) is 0 Å². The van der Waals surface area contributed by atoms with Crippen LogP contribution in [0.25, 0.3) is 21.8 Å². The van der Waals surface area contributed by atoms with E-state index in [2.05, 4.69) is 19.9 Å². The highest BCUT2D eigenvalue weighted by atomic mass is 35.5. The molecule has 4 rings (SSSR count). The van der Waals surface area contributed by atoms with Gasteiger partial charge in [-0.05, 0) is 41.4 Å². The summed E-state index contributed by atoms with van der Waals surface area (Å²) in [6, 6.07) is 14.8. The fourth-order valence-corrected chi connectivity index (χ4v) is 3.07. The van der Waals surface area contributed by atoms with Crippen molar-refractivity contribution in [3.63, 3.8) is 0 Å². The summed E-state index contributed by atoms with van der Waals surface area (Å²) >= 11 is 17.2. The third-order valence-electron chi connectivity index (χ3n) is 3.53. The number of primary amides is 1. The SMILES string of the molecule is Clc1nc(Cl)c2ccccc2n1.NC(=O)Cc1nc(Cl)nc2ccccc12. The Balaban J connectivity index is 0.000000159. The molecule has 6 nitrogen and oxygen atoms in total. The molecule has 2 aromatic carbocycles. The zero-order chi connectivity index (χ0) is 19.4. The van der Waals surface area contributed by atoms with Crippen molar-refractivity contribution >= 4 is 62.5 Å². The summed E-state index contributed by atoms with van der Waals surface area (Å²) < 4.78 is 0. The maximum absolute atomic E-state index is 10.8. The van der Waals surface area contributed by atoms with E-state index < -0.39 is 5.91 Å². The van der Waals surface area contributed by atoms with Crippen molar-refractivity contribution < 1.29 is 4.79 Å². The summed E-state index contributed by atoms with van der Waals surface area (Å²) in [6.45, 7) is 0. The number of amides is 1. The number of halogens is 3. The minimum atomic E-state index is -0.435. The van der Waals surface area contributed by atoms with Crippen LogP contribution in [0.5, 0.6) is 0 Å². The first kappa shape index (κ1) is 19.2. The van der Waals surface area contributed by atoms with Crippen LogP contribution in [0, 0.1) is 0 Å². The second-order valence-corrected chi connectivity index (χ2v) is 6.43. The van der Waals surface area contributed by atoms with Crippen molar-refractivity contribution in [2.45, 2.75) is 6.42 Å². The van der Waals surface area contributed by atoms with Gasteiger partial charge in [0.25, 0.3) is 0 Å². The van der Waals surface area contributed by atoms with E-state index in [9.17, 15) is 4.79 Å². The van der Waals surface area contributed by atoms with E-state index in [1.165, 1.54) is 0 Å². The molecule has 0 aliphatic heterocycles. The van der Waals surface area contributed by atoms with Crippen molar-refractivity contribution in [3.05, 3.63) is 69.9 Å². The first-order valence-corrected chi connectivity index (χ1v) is 8.84. The van der Waals surface area contributed by atoms with Crippen molar-refractivity contribution in [1.82, 2.24) is 19.9 Å². The van der Waals surface area contributed by atoms with Gasteiger partial charge in [-0.3, -0.25) is 4.79 Å². The summed E-state index contributed by atoms with van der Waals surface area (Å²) in [5.74, 6) is -0.435. The Hall–Kier alpha value is -2.54. The summed E-state index contributed by atoms with van der Waals surface area (Å²) in [5, 5.41) is 2.33. The zero-order valence-corrected chi connectivity index (χ0v) is 16.0. The third kappa shape index (κ3) is 4.80. The van der Waals surface area contributed by atoms with Crippen LogP contribution in [-0.4, -0.2) is 25.8 Å². The van der Waals surface area contributed by atoms with E-state index in [1.54, 1.807) is 0 Å². The standard InChI is InChI=1S/C10H8ClN3O.C8H4Cl2N2/c11-10-13-7-4-2-1-3-6(7)8(14-10)5-9(12)15;9-7-5-3-1-2-4-6(5)11-8(10)12-7/h1-4H,5H2,(H2,12,15);1-4H. The second-order valence-electron chi connectivity index (χ2n) is 5.40. The molecule has 0 unspecified atom stereocenters. The second kappa shape index (κ2) is 8.43. The van der Waals surface area contributed by atoms with Gasteiger partial charge in [0.1, 0.15) is 5.15 Å². The van der Waals surface area contributed by atoms with Crippen LogP contribution in [0.2, 0.25) is 15.7 Å². The van der Waals surface area contributed by atoms with Crippen molar-refractivity contribution in [2.24, 2.45) is 5.73 Å². The molecular formula is C18H12Cl3N5O. The predicted octanol–water partition coefficient (Wildman–Crippen LogP) is 4.25. The molecule has 9 heteroatoms. The summed E-state index contributed by atoms with van der Waals surface area (Å²) in [7, 11) is 0. The van der Waals surface area contributed by atoms with Crippen molar-refractivity contribution in [3.8, 4) is 0 Å². The van der Waals surface area contributed by atoms with Gasteiger partial charge in [0.15, 0.2) is 0 Å². The van der Waals surface area contributed by atoms with E-state index in [-0.39, 0.29) is 17.0 Å². The summed E-state index contributed by atoms with van der Waals surface area (Å²) in [4.78, 5) is 26.7. The van der Waals surface area contributed by atoms with E-state index in [0.717, 1.165) is 16.3 Å². The van der Waals surface area contributed by atoms with Crippen LogP contribution in [0.1, 0.15) is 5.69 Å². The first-order valence-electron chi connectivity index (χ1n) is 7.71. The highest BCUT2D eigenvalue weighted by Gasteiger charge is 2.08. The Morgan fingerprint density at radius 3 is 1.93 bits per heavy atom. The van der Waals surface area contributed by atoms with Crippen LogP contribution in [-0.2, 0) is 11.2 Å². The molecule has 0 bridgehead atoms. The molecule has 0 saturated carbocycles. The fraction of sp³-hybridized carbons (Fsp3) is 0.0556. The Bertz CT molecular complexity index is 1140. The molecule has 27 heavy (non-hydrogen) atoms. The number of hydrogen-bond donors (Lipinski definition) is 1. The number of benzene rings is 2. The number of carbonyl (C=O) groups is 1. The van der Waals surface area contributed by atoms with Crippen LogP contribution in [0.15, 0.2) is 48.5 Å². The average Bonchev–Trinajstić information content (AvgIpc) is 2.61. The van der Waals surface area contributed by atoms with E-state index in [1.807, 2.05) is 48.5 Å². The fourth-order valence-electron chi connectivity index (χ4n) is 2.42. The molecule has 2 heterocycles. The monoisotopic (exact) mass is 419 g/mol. The number of nitrogens with zero attached hydrogens (tertiary/aromatic N) is 4. The van der Waals surface area contributed by atoms with E-state index in [4.69, 9.17) is 40.5 Å². The highest BCUT2D eigenvalue weighted by molar-refractivity contribution is 6.35. The van der Waals surface area contributed by atoms with Crippen LogP contribution < -0.4 is 5.73 Å². The molecule has 0 aliphatic rings. The van der Waals surface area contributed by atoms with Gasteiger partial charge in [0, 0.05) is 10.8 Å². The quantitative estimate of drug-likeness (QED) is 0.386. The molecule has 0 atom stereocenters. The third-order valence-corrected chi connectivity index (χ3v) is 4.15. The largest absolute Gasteiger partial charge is 0.369 e. The smallest absolute Gasteiger partial charge is 0.224 e. The lowest BCUT2D eigenvalue weighted by Gasteiger charge is -2.03. The lowest BCUT2D eigenvalue weighted by atomic mass is 10.1. The van der Waals surface area contributed by atoms with E-state index in [0.29, 0.717) is 16.4 Å². The molecule has 1 amide bonds. The van der Waals surface area contributed by atoms with Crippen molar-refractivity contribution in [1.29, 1.82) is 0 Å². The molecule has 0 aliphatic carbocycles. The van der Waals surface area contributed by atoms with Gasteiger partial charge < -0.3 is 5.73 Å². The average molecular weight is 421 g/mol. The number of rotatable bonds is 2. The molecule has 4 aromatic rings. The lowest BCUT2D eigenvalue weighted by Crippen LogP contribution is -2.15. The zero-order valence-electron chi connectivity index (χ0n) is 13.7. The number of carbonyl (C=O) groups excluding carboxylic acids is 1. The van der Waals surface area contributed by atoms with Crippen LogP contribution >= 0.6 is 34.8 Å². The highest BCUT2D eigenvalue weighted by Crippen LogP contribution is 2.21. The number of hydrogen-bond acceptors (Lipinski definition) is 5. The minimum Gasteiger partial charge on any atom is -0.369 e. The molecule has 0 saturated heterocycles.